The molecule has 2 rings (SSSR count). The van der Waals surface area contributed by atoms with Crippen LogP contribution in [0.25, 0.3) is 0 Å². The Morgan fingerprint density at radius 1 is 1.38 bits per heavy atom. The number of hydrogen-bond acceptors (Lipinski definition) is 7. The lowest BCUT2D eigenvalue weighted by molar-refractivity contribution is 0.0735. The number of rotatable bonds is 4. The molecule has 0 amide bonds. The van der Waals surface area contributed by atoms with Crippen molar-refractivity contribution in [2.24, 2.45) is 5.16 Å². The molecule has 1 aromatic carbocycles. The number of methoxy groups -OCH3 is 1. The van der Waals surface area contributed by atoms with Gasteiger partial charge in [0.1, 0.15) is 23.7 Å². The molecule has 0 radical (unpaired) electrons. The maximum absolute atomic E-state index is 11.5. The van der Waals surface area contributed by atoms with Gasteiger partial charge in [-0.05, 0) is 19.1 Å². The van der Waals surface area contributed by atoms with Crippen molar-refractivity contribution in [3.8, 4) is 11.5 Å². The molecule has 116 valence electrons. The number of hydrogen-bond donors (Lipinski definition) is 2. The van der Waals surface area contributed by atoms with Gasteiger partial charge in [0.2, 0.25) is 0 Å². The molecule has 2 unspecified atom stereocenters. The first kappa shape index (κ1) is 15.6. The van der Waals surface area contributed by atoms with E-state index in [0.717, 1.165) is 0 Å². The molecule has 1 heterocycles. The van der Waals surface area contributed by atoms with Crippen molar-refractivity contribution >= 4 is 15.5 Å². The van der Waals surface area contributed by atoms with Gasteiger partial charge in [-0.1, -0.05) is 5.16 Å². The molecule has 0 spiro atoms. The number of oxime groups is 1. The van der Waals surface area contributed by atoms with Crippen molar-refractivity contribution in [2.75, 3.05) is 18.6 Å². The van der Waals surface area contributed by atoms with Gasteiger partial charge in [-0.2, -0.15) is 0 Å². The zero-order valence-corrected chi connectivity index (χ0v) is 12.5. The van der Waals surface area contributed by atoms with Gasteiger partial charge in [-0.25, -0.2) is 8.42 Å². The van der Waals surface area contributed by atoms with Gasteiger partial charge in [-0.3, -0.25) is 0 Å². The molecule has 1 aromatic rings. The zero-order chi connectivity index (χ0) is 15.6. The van der Waals surface area contributed by atoms with E-state index in [1.54, 1.807) is 25.1 Å². The minimum Gasteiger partial charge on any atom is -0.497 e. The van der Waals surface area contributed by atoms with Crippen molar-refractivity contribution in [3.63, 3.8) is 0 Å². The van der Waals surface area contributed by atoms with Gasteiger partial charge in [0.05, 0.1) is 24.3 Å². The molecule has 1 fully saturated rings. The van der Waals surface area contributed by atoms with Gasteiger partial charge in [0, 0.05) is 11.6 Å². The average Bonchev–Trinajstić information content (AvgIpc) is 2.70. The Morgan fingerprint density at radius 2 is 2.10 bits per heavy atom. The molecule has 21 heavy (non-hydrogen) atoms. The molecule has 0 aromatic heterocycles. The highest BCUT2D eigenvalue weighted by molar-refractivity contribution is 7.91. The van der Waals surface area contributed by atoms with E-state index in [-0.39, 0.29) is 11.5 Å². The molecule has 0 aliphatic carbocycles. The zero-order valence-electron chi connectivity index (χ0n) is 11.7. The molecular weight excluding hydrogens is 298 g/mol. The quantitative estimate of drug-likeness (QED) is 0.474. The second kappa shape index (κ2) is 5.90. The van der Waals surface area contributed by atoms with Crippen LogP contribution in [0.3, 0.4) is 0 Å². The molecule has 2 atom stereocenters. The summed E-state index contributed by atoms with van der Waals surface area (Å²) in [5.74, 6) is 0.241. The Balaban J connectivity index is 2.34. The van der Waals surface area contributed by atoms with E-state index in [0.29, 0.717) is 22.8 Å². The Hall–Kier alpha value is -1.80. The van der Waals surface area contributed by atoms with Crippen LogP contribution >= 0.6 is 0 Å². The standard InChI is InChI=1S/C13H17NO6S/c1-8(14-16)10-4-3-9(19-2)5-12(10)20-13-7-21(17,18)6-11(13)15/h3-5,11,13,15-16H,6-7H2,1-2H3/b14-8+. The highest BCUT2D eigenvalue weighted by atomic mass is 32.2. The number of aliphatic hydroxyl groups excluding tert-OH is 1. The number of ether oxygens (including phenoxy) is 2. The first-order chi connectivity index (χ1) is 9.86. The van der Waals surface area contributed by atoms with Crippen molar-refractivity contribution in [1.29, 1.82) is 0 Å². The minimum absolute atomic E-state index is 0.250. The lowest BCUT2D eigenvalue weighted by Crippen LogP contribution is -2.30. The predicted molar refractivity (Wildman–Crippen MR) is 76.1 cm³/mol. The van der Waals surface area contributed by atoms with Gasteiger partial charge in [-0.15, -0.1) is 0 Å². The molecule has 7 nitrogen and oxygen atoms in total. The van der Waals surface area contributed by atoms with Gasteiger partial charge >= 0.3 is 0 Å². The van der Waals surface area contributed by atoms with Crippen molar-refractivity contribution < 1.29 is 28.2 Å². The number of sulfone groups is 1. The summed E-state index contributed by atoms with van der Waals surface area (Å²) in [6.07, 6.45) is -1.94. The fourth-order valence-electron chi connectivity index (χ4n) is 2.15. The van der Waals surface area contributed by atoms with Crippen LogP contribution in [0.5, 0.6) is 11.5 Å². The van der Waals surface area contributed by atoms with Crippen molar-refractivity contribution in [1.82, 2.24) is 0 Å². The molecular formula is C13H17NO6S. The maximum atomic E-state index is 11.5. The van der Waals surface area contributed by atoms with Gasteiger partial charge in [0.15, 0.2) is 9.84 Å². The first-order valence-corrected chi connectivity index (χ1v) is 8.10. The SMILES string of the molecule is COc1ccc(/C(C)=N/O)c(OC2CS(=O)(=O)CC2O)c1. The summed E-state index contributed by atoms with van der Waals surface area (Å²) in [6, 6.07) is 4.86. The van der Waals surface area contributed by atoms with E-state index in [1.165, 1.54) is 7.11 Å². The highest BCUT2D eigenvalue weighted by Gasteiger charge is 2.38. The molecule has 8 heteroatoms. The van der Waals surface area contributed by atoms with E-state index in [9.17, 15) is 13.5 Å². The maximum Gasteiger partial charge on any atom is 0.156 e. The molecule has 1 saturated heterocycles. The van der Waals surface area contributed by atoms with Crippen LogP contribution in [0.4, 0.5) is 0 Å². The Bertz CT molecular complexity index is 655. The Labute approximate surface area is 122 Å². The molecule has 0 saturated carbocycles. The smallest absolute Gasteiger partial charge is 0.156 e. The van der Waals surface area contributed by atoms with Crippen LogP contribution in [0.1, 0.15) is 12.5 Å². The number of nitrogens with zero attached hydrogens (tertiary/aromatic N) is 1. The second-order valence-corrected chi connectivity index (χ2v) is 7.00. The van der Waals surface area contributed by atoms with E-state index in [4.69, 9.17) is 14.7 Å². The Morgan fingerprint density at radius 3 is 2.62 bits per heavy atom. The number of aliphatic hydroxyl groups is 1. The summed E-state index contributed by atoms with van der Waals surface area (Å²) in [6.45, 7) is 1.58. The third-order valence-electron chi connectivity index (χ3n) is 3.28. The molecule has 0 bridgehead atoms. The van der Waals surface area contributed by atoms with E-state index < -0.39 is 22.0 Å². The lowest BCUT2D eigenvalue weighted by Gasteiger charge is -2.18. The van der Waals surface area contributed by atoms with Crippen LogP contribution in [0.15, 0.2) is 23.4 Å². The fraction of sp³-hybridized carbons (Fsp3) is 0.462. The lowest BCUT2D eigenvalue weighted by atomic mass is 10.1. The summed E-state index contributed by atoms with van der Waals surface area (Å²) in [5, 5.41) is 21.8. The van der Waals surface area contributed by atoms with Crippen molar-refractivity contribution in [2.45, 2.75) is 19.1 Å². The van der Waals surface area contributed by atoms with E-state index in [2.05, 4.69) is 5.16 Å². The van der Waals surface area contributed by atoms with Crippen LogP contribution in [0, 0.1) is 0 Å². The largest absolute Gasteiger partial charge is 0.497 e. The summed E-state index contributed by atoms with van der Waals surface area (Å²) in [5.41, 5.74) is 0.804. The Kier molecular flexibility index (Phi) is 4.38. The predicted octanol–water partition coefficient (Wildman–Crippen LogP) is 0.430. The summed E-state index contributed by atoms with van der Waals surface area (Å²) < 4.78 is 33.7. The summed E-state index contributed by atoms with van der Waals surface area (Å²) in [4.78, 5) is 0. The van der Waals surface area contributed by atoms with Crippen molar-refractivity contribution in [3.05, 3.63) is 23.8 Å². The van der Waals surface area contributed by atoms with E-state index in [1.807, 2.05) is 0 Å². The molecule has 2 N–H and O–H groups in total. The van der Waals surface area contributed by atoms with Crippen LogP contribution in [0.2, 0.25) is 0 Å². The second-order valence-electron chi connectivity index (χ2n) is 4.85. The third kappa shape index (κ3) is 3.45. The van der Waals surface area contributed by atoms with E-state index >= 15 is 0 Å². The molecule has 1 aliphatic heterocycles. The normalized spacial score (nSPS) is 24.8. The van der Waals surface area contributed by atoms with Crippen LogP contribution in [-0.4, -0.2) is 55.3 Å². The monoisotopic (exact) mass is 315 g/mol. The third-order valence-corrected chi connectivity index (χ3v) is 4.96. The minimum atomic E-state index is -3.30. The van der Waals surface area contributed by atoms with Crippen LogP contribution < -0.4 is 9.47 Å². The first-order valence-electron chi connectivity index (χ1n) is 6.28. The highest BCUT2D eigenvalue weighted by Crippen LogP contribution is 2.28. The summed E-state index contributed by atoms with van der Waals surface area (Å²) >= 11 is 0. The number of benzene rings is 1. The average molecular weight is 315 g/mol. The topological polar surface area (TPSA) is 105 Å². The molecule has 1 aliphatic rings. The van der Waals surface area contributed by atoms with Crippen LogP contribution in [-0.2, 0) is 9.84 Å². The summed E-state index contributed by atoms with van der Waals surface area (Å²) in [7, 11) is -1.82. The van der Waals surface area contributed by atoms with Gasteiger partial charge < -0.3 is 19.8 Å². The van der Waals surface area contributed by atoms with Gasteiger partial charge in [0.25, 0.3) is 0 Å². The fourth-order valence-corrected chi connectivity index (χ4v) is 3.81.